The first kappa shape index (κ1) is 15.5. The molecule has 1 atom stereocenters. The fraction of sp³-hybridized carbons (Fsp3) is 0.438. The molecule has 0 radical (unpaired) electrons. The number of hydrogen-bond acceptors (Lipinski definition) is 5. The van der Waals surface area contributed by atoms with Crippen LogP contribution in [0.2, 0.25) is 0 Å². The lowest BCUT2D eigenvalue weighted by Gasteiger charge is -2.14. The molecule has 2 N–H and O–H groups in total. The Morgan fingerprint density at radius 2 is 2.14 bits per heavy atom. The zero-order chi connectivity index (χ0) is 15.4. The molecule has 0 amide bonds. The standard InChI is InChI=1S/C16H20O5/c1-3-4-11-7-15(19)21-16-10(2)14(6-5-13(11)16)20-9-12(18)8-17/h5-7,12,17-18H,3-4,8-9H2,1-2H3. The third-order valence-corrected chi connectivity index (χ3v) is 3.36. The minimum atomic E-state index is -0.932. The third-order valence-electron chi connectivity index (χ3n) is 3.36. The monoisotopic (exact) mass is 292 g/mol. The van der Waals surface area contributed by atoms with E-state index in [1.54, 1.807) is 6.07 Å². The Bertz CT molecular complexity index is 674. The van der Waals surface area contributed by atoms with Crippen molar-refractivity contribution < 1.29 is 19.4 Å². The van der Waals surface area contributed by atoms with Crippen LogP contribution in [0.25, 0.3) is 11.0 Å². The van der Waals surface area contributed by atoms with E-state index in [1.807, 2.05) is 13.0 Å². The normalized spacial score (nSPS) is 12.6. The van der Waals surface area contributed by atoms with Crippen LogP contribution in [0.15, 0.2) is 27.4 Å². The van der Waals surface area contributed by atoms with E-state index in [4.69, 9.17) is 14.3 Å². The van der Waals surface area contributed by atoms with Gasteiger partial charge in [-0.2, -0.15) is 0 Å². The van der Waals surface area contributed by atoms with Gasteiger partial charge in [-0.3, -0.25) is 0 Å². The molecule has 0 fully saturated rings. The zero-order valence-electron chi connectivity index (χ0n) is 12.3. The highest BCUT2D eigenvalue weighted by atomic mass is 16.5. The van der Waals surface area contributed by atoms with Gasteiger partial charge in [-0.1, -0.05) is 13.3 Å². The van der Waals surface area contributed by atoms with Crippen LogP contribution in [0.1, 0.15) is 24.5 Å². The van der Waals surface area contributed by atoms with Gasteiger partial charge in [0.05, 0.1) is 6.61 Å². The predicted molar refractivity (Wildman–Crippen MR) is 79.8 cm³/mol. The molecule has 0 aliphatic heterocycles. The highest BCUT2D eigenvalue weighted by Gasteiger charge is 2.12. The summed E-state index contributed by atoms with van der Waals surface area (Å²) in [6, 6.07) is 5.18. The largest absolute Gasteiger partial charge is 0.490 e. The summed E-state index contributed by atoms with van der Waals surface area (Å²) in [6.45, 7) is 3.49. The summed E-state index contributed by atoms with van der Waals surface area (Å²) < 4.78 is 10.8. The molecular weight excluding hydrogens is 272 g/mol. The lowest BCUT2D eigenvalue weighted by Crippen LogP contribution is -2.21. The van der Waals surface area contributed by atoms with Crippen molar-refractivity contribution in [1.29, 1.82) is 0 Å². The number of ether oxygens (including phenoxy) is 1. The van der Waals surface area contributed by atoms with Crippen LogP contribution >= 0.6 is 0 Å². The van der Waals surface area contributed by atoms with Gasteiger partial charge in [-0.15, -0.1) is 0 Å². The molecule has 0 aliphatic rings. The van der Waals surface area contributed by atoms with Crippen molar-refractivity contribution in [2.45, 2.75) is 32.8 Å². The summed E-state index contributed by atoms with van der Waals surface area (Å²) >= 11 is 0. The van der Waals surface area contributed by atoms with Crippen molar-refractivity contribution >= 4 is 11.0 Å². The van der Waals surface area contributed by atoms with E-state index in [-0.39, 0.29) is 18.8 Å². The molecule has 0 saturated carbocycles. The minimum absolute atomic E-state index is 0.0122. The molecule has 0 bridgehead atoms. The van der Waals surface area contributed by atoms with Crippen LogP contribution in [0.3, 0.4) is 0 Å². The van der Waals surface area contributed by atoms with Crippen LogP contribution < -0.4 is 10.4 Å². The van der Waals surface area contributed by atoms with Crippen LogP contribution in [0.4, 0.5) is 0 Å². The number of rotatable bonds is 6. The maximum atomic E-state index is 11.7. The summed E-state index contributed by atoms with van der Waals surface area (Å²) in [5.74, 6) is 0.534. The second kappa shape index (κ2) is 6.74. The Hall–Kier alpha value is -1.85. The predicted octanol–water partition coefficient (Wildman–Crippen LogP) is 1.79. The van der Waals surface area contributed by atoms with Gasteiger partial charge in [-0.05, 0) is 31.0 Å². The van der Waals surface area contributed by atoms with Gasteiger partial charge in [0.2, 0.25) is 0 Å². The SMILES string of the molecule is CCCc1cc(=O)oc2c(C)c(OCC(O)CO)ccc12. The van der Waals surface area contributed by atoms with Gasteiger partial charge < -0.3 is 19.4 Å². The van der Waals surface area contributed by atoms with Crippen LogP contribution in [-0.2, 0) is 6.42 Å². The summed E-state index contributed by atoms with van der Waals surface area (Å²) in [4.78, 5) is 11.7. The summed E-state index contributed by atoms with van der Waals surface area (Å²) in [5.41, 5.74) is 1.82. The van der Waals surface area contributed by atoms with E-state index < -0.39 is 6.10 Å². The molecule has 0 spiro atoms. The Morgan fingerprint density at radius 3 is 2.81 bits per heavy atom. The fourth-order valence-electron chi connectivity index (χ4n) is 2.28. The summed E-state index contributed by atoms with van der Waals surface area (Å²) in [5, 5.41) is 19.0. The van der Waals surface area contributed by atoms with Gasteiger partial charge >= 0.3 is 5.63 Å². The molecule has 2 aromatic rings. The maximum absolute atomic E-state index is 11.7. The molecule has 1 aromatic carbocycles. The lowest BCUT2D eigenvalue weighted by atomic mass is 10.0. The first-order valence-electron chi connectivity index (χ1n) is 7.04. The Labute approximate surface area is 122 Å². The number of fused-ring (bicyclic) bond motifs is 1. The molecule has 1 unspecified atom stereocenters. The van der Waals surface area contributed by atoms with Gasteiger partial charge in [0.15, 0.2) is 0 Å². The average Bonchev–Trinajstić information content (AvgIpc) is 2.47. The molecule has 0 saturated heterocycles. The van der Waals surface area contributed by atoms with Crippen LogP contribution in [-0.4, -0.2) is 29.5 Å². The molecule has 2 rings (SSSR count). The quantitative estimate of drug-likeness (QED) is 0.793. The van der Waals surface area contributed by atoms with Crippen molar-refractivity contribution in [2.24, 2.45) is 0 Å². The van der Waals surface area contributed by atoms with Crippen molar-refractivity contribution in [3.8, 4) is 5.75 Å². The maximum Gasteiger partial charge on any atom is 0.336 e. The molecule has 0 aliphatic carbocycles. The molecule has 114 valence electrons. The summed E-state index contributed by atoms with van der Waals surface area (Å²) in [7, 11) is 0. The van der Waals surface area contributed by atoms with E-state index in [1.165, 1.54) is 6.07 Å². The average molecular weight is 292 g/mol. The molecule has 5 nitrogen and oxygen atoms in total. The smallest absolute Gasteiger partial charge is 0.336 e. The zero-order valence-corrected chi connectivity index (χ0v) is 12.3. The van der Waals surface area contributed by atoms with Crippen LogP contribution in [0, 0.1) is 6.92 Å². The van der Waals surface area contributed by atoms with E-state index >= 15 is 0 Å². The molecular formula is C16H20O5. The molecule has 5 heteroatoms. The van der Waals surface area contributed by atoms with Gasteiger partial charge in [0, 0.05) is 17.0 Å². The Morgan fingerprint density at radius 1 is 1.38 bits per heavy atom. The second-order valence-electron chi connectivity index (χ2n) is 5.05. The number of aryl methyl sites for hydroxylation is 2. The number of aliphatic hydroxyl groups is 2. The van der Waals surface area contributed by atoms with Crippen molar-refractivity contribution in [3.05, 3.63) is 39.7 Å². The fourth-order valence-corrected chi connectivity index (χ4v) is 2.28. The van der Waals surface area contributed by atoms with Gasteiger partial charge in [-0.25, -0.2) is 4.79 Å². The second-order valence-corrected chi connectivity index (χ2v) is 5.05. The van der Waals surface area contributed by atoms with Crippen molar-refractivity contribution in [1.82, 2.24) is 0 Å². The molecule has 1 heterocycles. The number of aliphatic hydroxyl groups excluding tert-OH is 2. The minimum Gasteiger partial charge on any atom is -0.490 e. The molecule has 1 aromatic heterocycles. The Kier molecular flexibility index (Phi) is 4.98. The molecule has 21 heavy (non-hydrogen) atoms. The Balaban J connectivity index is 2.44. The van der Waals surface area contributed by atoms with Crippen LogP contribution in [0.5, 0.6) is 5.75 Å². The number of benzene rings is 1. The van der Waals surface area contributed by atoms with Gasteiger partial charge in [0.25, 0.3) is 0 Å². The number of hydrogen-bond donors (Lipinski definition) is 2. The van der Waals surface area contributed by atoms with E-state index in [9.17, 15) is 9.90 Å². The van der Waals surface area contributed by atoms with E-state index in [2.05, 4.69) is 6.92 Å². The van der Waals surface area contributed by atoms with Crippen molar-refractivity contribution in [2.75, 3.05) is 13.2 Å². The highest BCUT2D eigenvalue weighted by molar-refractivity contribution is 5.84. The highest BCUT2D eigenvalue weighted by Crippen LogP contribution is 2.29. The van der Waals surface area contributed by atoms with Crippen molar-refractivity contribution in [3.63, 3.8) is 0 Å². The lowest BCUT2D eigenvalue weighted by molar-refractivity contribution is 0.0534. The first-order chi connectivity index (χ1) is 10.1. The first-order valence-corrected chi connectivity index (χ1v) is 7.04. The third kappa shape index (κ3) is 3.43. The summed E-state index contributed by atoms with van der Waals surface area (Å²) in [6.07, 6.45) is 0.822. The van der Waals surface area contributed by atoms with Gasteiger partial charge in [0.1, 0.15) is 24.0 Å². The van der Waals surface area contributed by atoms with E-state index in [0.29, 0.717) is 16.9 Å². The topological polar surface area (TPSA) is 79.9 Å². The van der Waals surface area contributed by atoms with E-state index in [0.717, 1.165) is 23.8 Å².